The van der Waals surface area contributed by atoms with Gasteiger partial charge in [0.1, 0.15) is 5.82 Å². The van der Waals surface area contributed by atoms with Crippen molar-refractivity contribution in [2.24, 2.45) is 11.7 Å². The fraction of sp³-hybridized carbons (Fsp3) is 0.500. The molecule has 2 nitrogen and oxygen atoms in total. The van der Waals surface area contributed by atoms with Gasteiger partial charge in [0.2, 0.25) is 0 Å². The molecule has 0 aliphatic carbocycles. The zero-order valence-electron chi connectivity index (χ0n) is 9.24. The molecule has 0 aliphatic rings. The molecule has 0 bridgehead atoms. The van der Waals surface area contributed by atoms with Crippen molar-refractivity contribution >= 4 is 0 Å². The van der Waals surface area contributed by atoms with Crippen LogP contribution in [-0.4, -0.2) is 19.8 Å². The lowest BCUT2D eigenvalue weighted by molar-refractivity contribution is 0.147. The van der Waals surface area contributed by atoms with Crippen molar-refractivity contribution in [3.05, 3.63) is 35.6 Å². The van der Waals surface area contributed by atoms with Crippen LogP contribution in [-0.2, 0) is 11.2 Å². The number of nitrogens with two attached hydrogens (primary N) is 1. The van der Waals surface area contributed by atoms with Gasteiger partial charge in [0.05, 0.1) is 6.61 Å². The second-order valence-electron chi connectivity index (χ2n) is 3.93. The largest absolute Gasteiger partial charge is 0.384 e. The summed E-state index contributed by atoms with van der Waals surface area (Å²) in [6.07, 6.45) is 0.755. The smallest absolute Gasteiger partial charge is 0.123 e. The van der Waals surface area contributed by atoms with E-state index in [0.29, 0.717) is 12.5 Å². The molecular formula is C12H18FNO. The van der Waals surface area contributed by atoms with Gasteiger partial charge in [0.25, 0.3) is 0 Å². The molecule has 0 aliphatic heterocycles. The summed E-state index contributed by atoms with van der Waals surface area (Å²) in [5.41, 5.74) is 7.06. The van der Waals surface area contributed by atoms with Crippen molar-refractivity contribution in [2.45, 2.75) is 19.4 Å². The van der Waals surface area contributed by atoms with Crippen LogP contribution in [0.15, 0.2) is 24.3 Å². The van der Waals surface area contributed by atoms with Gasteiger partial charge < -0.3 is 10.5 Å². The van der Waals surface area contributed by atoms with Gasteiger partial charge in [0.15, 0.2) is 0 Å². The number of ether oxygens (including phenoxy) is 1. The molecule has 15 heavy (non-hydrogen) atoms. The minimum Gasteiger partial charge on any atom is -0.384 e. The lowest BCUT2D eigenvalue weighted by Gasteiger charge is -2.18. The highest BCUT2D eigenvalue weighted by Crippen LogP contribution is 2.10. The third-order valence-corrected chi connectivity index (χ3v) is 2.55. The molecule has 0 radical (unpaired) electrons. The molecule has 1 rings (SSSR count). The van der Waals surface area contributed by atoms with Crippen molar-refractivity contribution < 1.29 is 9.13 Å². The van der Waals surface area contributed by atoms with Crippen LogP contribution >= 0.6 is 0 Å². The maximum atomic E-state index is 12.7. The van der Waals surface area contributed by atoms with E-state index in [0.717, 1.165) is 12.0 Å². The molecule has 0 saturated heterocycles. The van der Waals surface area contributed by atoms with Crippen LogP contribution in [0.2, 0.25) is 0 Å². The first-order valence-electron chi connectivity index (χ1n) is 5.12. The van der Waals surface area contributed by atoms with Crippen molar-refractivity contribution in [3.8, 4) is 0 Å². The third-order valence-electron chi connectivity index (χ3n) is 2.55. The summed E-state index contributed by atoms with van der Waals surface area (Å²) in [6.45, 7) is 2.71. The van der Waals surface area contributed by atoms with Crippen molar-refractivity contribution in [2.75, 3.05) is 13.7 Å². The minimum atomic E-state index is -0.211. The molecule has 1 aromatic rings. The van der Waals surface area contributed by atoms with E-state index in [2.05, 4.69) is 6.92 Å². The predicted octanol–water partition coefficient (Wildman–Crippen LogP) is 1.98. The highest BCUT2D eigenvalue weighted by Gasteiger charge is 2.12. The fourth-order valence-electron chi connectivity index (χ4n) is 1.48. The normalized spacial score (nSPS) is 14.9. The number of benzene rings is 1. The zero-order valence-corrected chi connectivity index (χ0v) is 9.24. The summed E-state index contributed by atoms with van der Waals surface area (Å²) in [6, 6.07) is 6.52. The molecule has 1 aromatic carbocycles. The second kappa shape index (κ2) is 5.83. The molecule has 3 heteroatoms. The molecule has 0 heterocycles. The molecule has 0 fully saturated rings. The summed E-state index contributed by atoms with van der Waals surface area (Å²) in [5, 5.41) is 0. The summed E-state index contributed by atoms with van der Waals surface area (Å²) < 4.78 is 17.7. The molecule has 2 unspecified atom stereocenters. The molecule has 84 valence electrons. The van der Waals surface area contributed by atoms with Gasteiger partial charge in [-0.05, 0) is 30.0 Å². The second-order valence-corrected chi connectivity index (χ2v) is 3.93. The standard InChI is InChI=1S/C12H18FNO/c1-9(8-15-2)12(14)7-10-3-5-11(13)6-4-10/h3-6,9,12H,7-8,14H2,1-2H3. The van der Waals surface area contributed by atoms with Gasteiger partial charge in [-0.15, -0.1) is 0 Å². The Morgan fingerprint density at radius 3 is 2.47 bits per heavy atom. The first kappa shape index (κ1) is 12.1. The van der Waals surface area contributed by atoms with Gasteiger partial charge in [-0.2, -0.15) is 0 Å². The van der Waals surface area contributed by atoms with Crippen LogP contribution in [0.1, 0.15) is 12.5 Å². The van der Waals surface area contributed by atoms with Crippen LogP contribution in [0.25, 0.3) is 0 Å². The van der Waals surface area contributed by atoms with Gasteiger partial charge >= 0.3 is 0 Å². The zero-order chi connectivity index (χ0) is 11.3. The summed E-state index contributed by atoms with van der Waals surface area (Å²) in [7, 11) is 1.67. The van der Waals surface area contributed by atoms with Crippen molar-refractivity contribution in [3.63, 3.8) is 0 Å². The van der Waals surface area contributed by atoms with E-state index < -0.39 is 0 Å². The summed E-state index contributed by atoms with van der Waals surface area (Å²) in [5.74, 6) is 0.0947. The molecule has 0 aromatic heterocycles. The molecule has 2 N–H and O–H groups in total. The number of halogens is 1. The summed E-state index contributed by atoms with van der Waals surface area (Å²) >= 11 is 0. The Morgan fingerprint density at radius 1 is 1.33 bits per heavy atom. The number of hydrogen-bond donors (Lipinski definition) is 1. The van der Waals surface area contributed by atoms with E-state index in [1.54, 1.807) is 19.2 Å². The highest BCUT2D eigenvalue weighted by atomic mass is 19.1. The van der Waals surface area contributed by atoms with Crippen LogP contribution < -0.4 is 5.73 Å². The quantitative estimate of drug-likeness (QED) is 0.808. The van der Waals surface area contributed by atoms with Gasteiger partial charge in [-0.1, -0.05) is 19.1 Å². The van der Waals surface area contributed by atoms with Crippen LogP contribution in [0.4, 0.5) is 4.39 Å². The van der Waals surface area contributed by atoms with E-state index in [1.807, 2.05) is 0 Å². The SMILES string of the molecule is COCC(C)C(N)Cc1ccc(F)cc1. The Kier molecular flexibility index (Phi) is 4.72. The fourth-order valence-corrected chi connectivity index (χ4v) is 1.48. The first-order valence-corrected chi connectivity index (χ1v) is 5.12. The number of rotatable bonds is 5. The molecule has 0 amide bonds. The molecule has 2 atom stereocenters. The first-order chi connectivity index (χ1) is 7.13. The highest BCUT2D eigenvalue weighted by molar-refractivity contribution is 5.17. The topological polar surface area (TPSA) is 35.2 Å². The maximum Gasteiger partial charge on any atom is 0.123 e. The lowest BCUT2D eigenvalue weighted by atomic mass is 9.96. The van der Waals surface area contributed by atoms with E-state index >= 15 is 0 Å². The van der Waals surface area contributed by atoms with Gasteiger partial charge in [-0.3, -0.25) is 0 Å². The predicted molar refractivity (Wildman–Crippen MR) is 59.1 cm³/mol. The third kappa shape index (κ3) is 3.98. The monoisotopic (exact) mass is 211 g/mol. The molecular weight excluding hydrogens is 193 g/mol. The van der Waals surface area contributed by atoms with Crippen molar-refractivity contribution in [1.82, 2.24) is 0 Å². The molecule has 0 spiro atoms. The number of methoxy groups -OCH3 is 1. The number of hydrogen-bond acceptors (Lipinski definition) is 2. The maximum absolute atomic E-state index is 12.7. The average Bonchev–Trinajstić information content (AvgIpc) is 2.22. The lowest BCUT2D eigenvalue weighted by Crippen LogP contribution is -2.33. The van der Waals surface area contributed by atoms with Gasteiger partial charge in [-0.25, -0.2) is 4.39 Å². The Morgan fingerprint density at radius 2 is 1.93 bits per heavy atom. The Bertz CT molecular complexity index is 286. The van der Waals surface area contributed by atoms with E-state index in [4.69, 9.17) is 10.5 Å². The van der Waals surface area contributed by atoms with Crippen LogP contribution in [0, 0.1) is 11.7 Å². The van der Waals surface area contributed by atoms with E-state index in [-0.39, 0.29) is 11.9 Å². The minimum absolute atomic E-state index is 0.0513. The van der Waals surface area contributed by atoms with Crippen LogP contribution in [0.5, 0.6) is 0 Å². The molecule has 0 saturated carbocycles. The Labute approximate surface area is 90.2 Å². The summed E-state index contributed by atoms with van der Waals surface area (Å²) in [4.78, 5) is 0. The Balaban J connectivity index is 2.50. The van der Waals surface area contributed by atoms with E-state index in [1.165, 1.54) is 12.1 Å². The average molecular weight is 211 g/mol. The van der Waals surface area contributed by atoms with Crippen LogP contribution in [0.3, 0.4) is 0 Å². The van der Waals surface area contributed by atoms with E-state index in [9.17, 15) is 4.39 Å². The van der Waals surface area contributed by atoms with Gasteiger partial charge in [0, 0.05) is 13.2 Å². The Hall–Kier alpha value is -0.930. The van der Waals surface area contributed by atoms with Crippen molar-refractivity contribution in [1.29, 1.82) is 0 Å².